The lowest BCUT2D eigenvalue weighted by Gasteiger charge is -2.28. The second-order valence-corrected chi connectivity index (χ2v) is 9.29. The minimum atomic E-state index is -1.06. The van der Waals surface area contributed by atoms with E-state index < -0.39 is 47.9 Å². The number of carbonyl (C=O) groups is 4. The number of carboxylic acid groups (broad SMARTS) is 1. The Labute approximate surface area is 204 Å². The van der Waals surface area contributed by atoms with Crippen molar-refractivity contribution in [2.45, 2.75) is 70.6 Å². The van der Waals surface area contributed by atoms with Gasteiger partial charge in [-0.2, -0.15) is 0 Å². The fourth-order valence-corrected chi connectivity index (χ4v) is 4.39. The molecule has 0 radical (unpaired) electrons. The number of likely N-dealkylation sites (tertiary alicyclic amines) is 1. The molecule has 2 heterocycles. The minimum absolute atomic E-state index is 0.0513. The van der Waals surface area contributed by atoms with Gasteiger partial charge in [0.1, 0.15) is 18.1 Å². The van der Waals surface area contributed by atoms with Gasteiger partial charge in [-0.15, -0.1) is 0 Å². The highest BCUT2D eigenvalue weighted by atomic mass is 16.4. The van der Waals surface area contributed by atoms with Crippen LogP contribution in [0.5, 0.6) is 0 Å². The third kappa shape index (κ3) is 6.00. The molecule has 1 aliphatic rings. The predicted octanol–water partition coefficient (Wildman–Crippen LogP) is 1.15. The first-order valence-corrected chi connectivity index (χ1v) is 12.1. The van der Waals surface area contributed by atoms with Gasteiger partial charge in [0.05, 0.1) is 6.04 Å². The van der Waals surface area contributed by atoms with Crippen molar-refractivity contribution in [1.29, 1.82) is 0 Å². The summed E-state index contributed by atoms with van der Waals surface area (Å²) in [6.07, 6.45) is 3.62. The van der Waals surface area contributed by atoms with Gasteiger partial charge in [-0.3, -0.25) is 14.4 Å². The number of para-hydroxylation sites is 1. The largest absolute Gasteiger partial charge is 0.480 e. The smallest absolute Gasteiger partial charge is 0.326 e. The second-order valence-electron chi connectivity index (χ2n) is 9.29. The first-order chi connectivity index (χ1) is 16.6. The van der Waals surface area contributed by atoms with Gasteiger partial charge in [-0.1, -0.05) is 38.5 Å². The van der Waals surface area contributed by atoms with Crippen molar-refractivity contribution in [3.63, 3.8) is 0 Å². The number of nitrogens with one attached hydrogen (secondary N) is 3. The highest BCUT2D eigenvalue weighted by Gasteiger charge is 2.38. The lowest BCUT2D eigenvalue weighted by Crippen LogP contribution is -2.57. The fraction of sp³-hybridized carbons (Fsp3) is 0.520. The molecule has 2 aromatic rings. The van der Waals surface area contributed by atoms with Crippen LogP contribution >= 0.6 is 0 Å². The summed E-state index contributed by atoms with van der Waals surface area (Å²) in [5.41, 5.74) is 7.69. The molecule has 0 aliphatic carbocycles. The number of fused-ring (bicyclic) bond motifs is 1. The summed E-state index contributed by atoms with van der Waals surface area (Å²) in [6.45, 7) is 5.63. The summed E-state index contributed by atoms with van der Waals surface area (Å²) in [5.74, 6) is -2.55. The summed E-state index contributed by atoms with van der Waals surface area (Å²) in [4.78, 5) is 55.1. The molecule has 10 heteroatoms. The molecule has 5 atom stereocenters. The average Bonchev–Trinajstić information content (AvgIpc) is 3.49. The number of nitrogens with two attached hydrogens (primary N) is 1. The average molecular weight is 486 g/mol. The summed E-state index contributed by atoms with van der Waals surface area (Å²) in [7, 11) is 0. The van der Waals surface area contributed by atoms with Crippen molar-refractivity contribution in [2.24, 2.45) is 11.7 Å². The molecule has 190 valence electrons. The van der Waals surface area contributed by atoms with Crippen LogP contribution in [0.2, 0.25) is 0 Å². The maximum atomic E-state index is 13.5. The van der Waals surface area contributed by atoms with Crippen LogP contribution in [0.4, 0.5) is 0 Å². The number of aromatic amines is 1. The topological polar surface area (TPSA) is 158 Å². The molecule has 1 aliphatic heterocycles. The van der Waals surface area contributed by atoms with Gasteiger partial charge in [0.15, 0.2) is 0 Å². The van der Waals surface area contributed by atoms with E-state index in [9.17, 15) is 24.3 Å². The van der Waals surface area contributed by atoms with Gasteiger partial charge >= 0.3 is 5.97 Å². The number of aliphatic carboxylic acids is 1. The van der Waals surface area contributed by atoms with Crippen molar-refractivity contribution >= 4 is 34.6 Å². The van der Waals surface area contributed by atoms with Crippen LogP contribution < -0.4 is 16.4 Å². The Morgan fingerprint density at radius 2 is 1.89 bits per heavy atom. The number of aromatic nitrogens is 1. The van der Waals surface area contributed by atoms with Crippen LogP contribution in [0, 0.1) is 5.92 Å². The first kappa shape index (κ1) is 26.2. The van der Waals surface area contributed by atoms with Gasteiger partial charge in [0.2, 0.25) is 17.7 Å². The molecule has 3 rings (SSSR count). The molecule has 1 aromatic carbocycles. The molecule has 3 amide bonds. The molecule has 6 N–H and O–H groups in total. The van der Waals surface area contributed by atoms with E-state index in [0.29, 0.717) is 19.4 Å². The van der Waals surface area contributed by atoms with E-state index in [1.54, 1.807) is 6.20 Å². The van der Waals surface area contributed by atoms with Crippen molar-refractivity contribution in [2.75, 3.05) is 6.54 Å². The van der Waals surface area contributed by atoms with Gasteiger partial charge in [-0.25, -0.2) is 4.79 Å². The van der Waals surface area contributed by atoms with E-state index in [-0.39, 0.29) is 12.3 Å². The summed E-state index contributed by atoms with van der Waals surface area (Å²) in [5, 5.41) is 15.8. The third-order valence-electron chi connectivity index (χ3n) is 6.85. The number of carboxylic acids is 1. The Bertz CT molecular complexity index is 1080. The Kier molecular flexibility index (Phi) is 8.50. The molecule has 0 saturated carbocycles. The van der Waals surface area contributed by atoms with Gasteiger partial charge < -0.3 is 31.4 Å². The van der Waals surface area contributed by atoms with Gasteiger partial charge in [0.25, 0.3) is 0 Å². The molecule has 1 aromatic heterocycles. The quantitative estimate of drug-likeness (QED) is 0.340. The number of H-pyrrole nitrogens is 1. The molecule has 35 heavy (non-hydrogen) atoms. The molecule has 10 nitrogen and oxygen atoms in total. The zero-order valence-corrected chi connectivity index (χ0v) is 20.4. The number of amides is 3. The van der Waals surface area contributed by atoms with Crippen LogP contribution in [0.3, 0.4) is 0 Å². The minimum Gasteiger partial charge on any atom is -0.480 e. The molecular formula is C25H35N5O5. The van der Waals surface area contributed by atoms with Gasteiger partial charge in [-0.05, 0) is 37.3 Å². The highest BCUT2D eigenvalue weighted by molar-refractivity contribution is 5.95. The van der Waals surface area contributed by atoms with Gasteiger partial charge in [0, 0.05) is 30.1 Å². The fourth-order valence-electron chi connectivity index (χ4n) is 4.39. The Balaban J connectivity index is 1.79. The third-order valence-corrected chi connectivity index (χ3v) is 6.85. The zero-order valence-electron chi connectivity index (χ0n) is 20.4. The number of rotatable bonds is 10. The normalized spacial score (nSPS) is 19.1. The molecule has 0 spiro atoms. The molecule has 5 unspecified atom stereocenters. The van der Waals surface area contributed by atoms with Crippen molar-refractivity contribution in [3.05, 3.63) is 36.0 Å². The van der Waals surface area contributed by atoms with E-state index in [2.05, 4.69) is 15.6 Å². The van der Waals surface area contributed by atoms with E-state index >= 15 is 0 Å². The zero-order chi connectivity index (χ0) is 25.7. The maximum Gasteiger partial charge on any atom is 0.326 e. The summed E-state index contributed by atoms with van der Waals surface area (Å²) in [6, 6.07) is 4.01. The first-order valence-electron chi connectivity index (χ1n) is 12.1. The van der Waals surface area contributed by atoms with Crippen LogP contribution in [-0.4, -0.2) is 69.4 Å². The molecule has 1 saturated heterocycles. The van der Waals surface area contributed by atoms with Crippen LogP contribution in [0.25, 0.3) is 10.9 Å². The Hall–Kier alpha value is -3.40. The number of hydrogen-bond acceptors (Lipinski definition) is 5. The van der Waals surface area contributed by atoms with Crippen LogP contribution in [-0.2, 0) is 25.6 Å². The standard InChI is InChI=1S/C25H35N5O5/c1-4-14(2)21(26)23(32)28-15(3)22(31)29-19(24(33)30-11-7-10-20(30)25(34)35)12-16-13-27-18-9-6-5-8-17(16)18/h5-6,8-9,13-15,19-21,27H,4,7,10-12,26H2,1-3H3,(H,28,32)(H,29,31)(H,34,35). The Morgan fingerprint density at radius 1 is 1.17 bits per heavy atom. The lowest BCUT2D eigenvalue weighted by molar-refractivity contribution is -0.149. The monoisotopic (exact) mass is 485 g/mol. The molecular weight excluding hydrogens is 450 g/mol. The maximum absolute atomic E-state index is 13.5. The van der Waals surface area contributed by atoms with E-state index in [1.807, 2.05) is 38.1 Å². The van der Waals surface area contributed by atoms with Crippen molar-refractivity contribution in [3.8, 4) is 0 Å². The second kappa shape index (κ2) is 11.4. The molecule has 1 fully saturated rings. The van der Waals surface area contributed by atoms with Crippen LogP contribution in [0.1, 0.15) is 45.6 Å². The SMILES string of the molecule is CCC(C)C(N)C(=O)NC(C)C(=O)NC(Cc1c[nH]c2ccccc12)C(=O)N1CCCC1C(=O)O. The van der Waals surface area contributed by atoms with Crippen molar-refractivity contribution < 1.29 is 24.3 Å². The highest BCUT2D eigenvalue weighted by Crippen LogP contribution is 2.23. The van der Waals surface area contributed by atoms with E-state index in [4.69, 9.17) is 5.73 Å². The summed E-state index contributed by atoms with van der Waals surface area (Å²) >= 11 is 0. The van der Waals surface area contributed by atoms with Crippen molar-refractivity contribution in [1.82, 2.24) is 20.5 Å². The molecule has 0 bridgehead atoms. The predicted molar refractivity (Wildman–Crippen MR) is 131 cm³/mol. The number of carbonyl (C=O) groups excluding carboxylic acids is 3. The summed E-state index contributed by atoms with van der Waals surface area (Å²) < 4.78 is 0. The van der Waals surface area contributed by atoms with E-state index in [0.717, 1.165) is 22.9 Å². The number of nitrogens with zero attached hydrogens (tertiary/aromatic N) is 1. The van der Waals surface area contributed by atoms with Crippen LogP contribution in [0.15, 0.2) is 30.5 Å². The lowest BCUT2D eigenvalue weighted by atomic mass is 9.99. The van der Waals surface area contributed by atoms with E-state index in [1.165, 1.54) is 11.8 Å². The number of hydrogen-bond donors (Lipinski definition) is 5. The Morgan fingerprint density at radius 3 is 2.57 bits per heavy atom. The number of benzene rings is 1.